The molecular formula is C13H13NO. The van der Waals surface area contributed by atoms with E-state index in [2.05, 4.69) is 18.0 Å². The molecule has 0 radical (unpaired) electrons. The van der Waals surface area contributed by atoms with Gasteiger partial charge >= 0.3 is 0 Å². The molecule has 0 saturated carbocycles. The van der Waals surface area contributed by atoms with E-state index in [0.29, 0.717) is 0 Å². The molecule has 0 aliphatic rings. The van der Waals surface area contributed by atoms with Gasteiger partial charge in [0.15, 0.2) is 0 Å². The molecule has 15 heavy (non-hydrogen) atoms. The summed E-state index contributed by atoms with van der Waals surface area (Å²) in [5.74, 6) is 1.69. The Balaban J connectivity index is 2.18. The first-order valence-corrected chi connectivity index (χ1v) is 4.91. The summed E-state index contributed by atoms with van der Waals surface area (Å²) in [7, 11) is 0. The van der Waals surface area contributed by atoms with E-state index in [9.17, 15) is 0 Å². The zero-order valence-corrected chi connectivity index (χ0v) is 8.90. The molecule has 76 valence electrons. The number of rotatable bonds is 2. The van der Waals surface area contributed by atoms with E-state index in [1.807, 2.05) is 37.3 Å². The number of aliphatic imine (C=N–C) groups is 1. The molecule has 0 spiro atoms. The Kier molecular flexibility index (Phi) is 2.68. The minimum absolute atomic E-state index is 0.786. The summed E-state index contributed by atoms with van der Waals surface area (Å²) in [4.78, 5) is 4.33. The number of hydrogen-bond donors (Lipinski definition) is 0. The molecule has 2 rings (SSSR count). The van der Waals surface area contributed by atoms with Crippen LogP contribution in [-0.4, -0.2) is 6.21 Å². The van der Waals surface area contributed by atoms with Crippen LogP contribution >= 0.6 is 0 Å². The summed E-state index contributed by atoms with van der Waals surface area (Å²) < 4.78 is 5.39. The second kappa shape index (κ2) is 4.13. The fourth-order valence-corrected chi connectivity index (χ4v) is 1.37. The fourth-order valence-electron chi connectivity index (χ4n) is 1.37. The van der Waals surface area contributed by atoms with Crippen molar-refractivity contribution in [2.45, 2.75) is 13.8 Å². The van der Waals surface area contributed by atoms with Crippen molar-refractivity contribution in [2.75, 3.05) is 0 Å². The molecule has 0 amide bonds. The molecule has 0 saturated heterocycles. The maximum Gasteiger partial charge on any atom is 0.145 e. The van der Waals surface area contributed by atoms with Gasteiger partial charge in [-0.15, -0.1) is 0 Å². The highest BCUT2D eigenvalue weighted by Gasteiger charge is 1.93. The quantitative estimate of drug-likeness (QED) is 0.678. The Morgan fingerprint density at radius 3 is 2.67 bits per heavy atom. The lowest BCUT2D eigenvalue weighted by Gasteiger charge is -1.94. The van der Waals surface area contributed by atoms with Crippen LogP contribution in [0.5, 0.6) is 0 Å². The highest BCUT2D eigenvalue weighted by Crippen LogP contribution is 2.13. The summed E-state index contributed by atoms with van der Waals surface area (Å²) in [5, 5.41) is 0. The van der Waals surface area contributed by atoms with Gasteiger partial charge in [0.05, 0.1) is 11.9 Å². The average molecular weight is 199 g/mol. The molecule has 0 N–H and O–H groups in total. The molecule has 1 heterocycles. The van der Waals surface area contributed by atoms with Crippen LogP contribution in [0.25, 0.3) is 0 Å². The SMILES string of the molecule is Cc1cccc(N=Cc2ccc(C)o2)c1. The Bertz CT molecular complexity index is 483. The number of nitrogens with zero attached hydrogens (tertiary/aromatic N) is 1. The van der Waals surface area contributed by atoms with Crippen LogP contribution in [-0.2, 0) is 0 Å². The molecule has 0 aliphatic carbocycles. The summed E-state index contributed by atoms with van der Waals surface area (Å²) >= 11 is 0. The number of benzene rings is 1. The van der Waals surface area contributed by atoms with Crippen LogP contribution < -0.4 is 0 Å². The summed E-state index contributed by atoms with van der Waals surface area (Å²) in [6.45, 7) is 3.97. The molecule has 0 atom stereocenters. The third-order valence-electron chi connectivity index (χ3n) is 2.10. The van der Waals surface area contributed by atoms with Gasteiger partial charge in [0.1, 0.15) is 11.5 Å². The van der Waals surface area contributed by atoms with E-state index >= 15 is 0 Å². The lowest BCUT2D eigenvalue weighted by molar-refractivity contribution is 0.528. The third-order valence-corrected chi connectivity index (χ3v) is 2.10. The average Bonchev–Trinajstić information content (AvgIpc) is 2.62. The highest BCUT2D eigenvalue weighted by molar-refractivity contribution is 5.78. The molecular weight excluding hydrogens is 186 g/mol. The zero-order chi connectivity index (χ0) is 10.7. The van der Waals surface area contributed by atoms with Crippen molar-refractivity contribution in [3.8, 4) is 0 Å². The van der Waals surface area contributed by atoms with Crippen LogP contribution in [0.2, 0.25) is 0 Å². The van der Waals surface area contributed by atoms with E-state index < -0.39 is 0 Å². The first-order valence-electron chi connectivity index (χ1n) is 4.91. The van der Waals surface area contributed by atoms with Crippen LogP contribution in [0.3, 0.4) is 0 Å². The van der Waals surface area contributed by atoms with E-state index in [1.165, 1.54) is 5.56 Å². The molecule has 0 aliphatic heterocycles. The predicted molar refractivity (Wildman–Crippen MR) is 61.9 cm³/mol. The fraction of sp³-hybridized carbons (Fsp3) is 0.154. The summed E-state index contributed by atoms with van der Waals surface area (Å²) in [5.41, 5.74) is 2.16. The Morgan fingerprint density at radius 1 is 1.13 bits per heavy atom. The van der Waals surface area contributed by atoms with Gasteiger partial charge < -0.3 is 4.42 Å². The van der Waals surface area contributed by atoms with Gasteiger partial charge in [0.2, 0.25) is 0 Å². The standard InChI is InChI=1S/C13H13NO/c1-10-4-3-5-12(8-10)14-9-13-7-6-11(2)15-13/h3-9H,1-2H3. The van der Waals surface area contributed by atoms with Crippen molar-refractivity contribution in [1.29, 1.82) is 0 Å². The first kappa shape index (κ1) is 9.71. The molecule has 0 unspecified atom stereocenters. The minimum Gasteiger partial charge on any atom is -0.460 e. The summed E-state index contributed by atoms with van der Waals surface area (Å²) in [6, 6.07) is 11.9. The van der Waals surface area contributed by atoms with Gasteiger partial charge in [-0.3, -0.25) is 4.99 Å². The maximum absolute atomic E-state index is 5.39. The topological polar surface area (TPSA) is 25.5 Å². The Hall–Kier alpha value is -1.83. The molecule has 2 heteroatoms. The van der Waals surface area contributed by atoms with Gasteiger partial charge in [-0.25, -0.2) is 0 Å². The highest BCUT2D eigenvalue weighted by atomic mass is 16.3. The van der Waals surface area contributed by atoms with Gasteiger partial charge in [-0.05, 0) is 43.7 Å². The zero-order valence-electron chi connectivity index (χ0n) is 8.90. The molecule has 2 aromatic rings. The number of hydrogen-bond acceptors (Lipinski definition) is 2. The second-order valence-corrected chi connectivity index (χ2v) is 3.55. The van der Waals surface area contributed by atoms with Crippen molar-refractivity contribution in [3.63, 3.8) is 0 Å². The van der Waals surface area contributed by atoms with Crippen LogP contribution in [0, 0.1) is 13.8 Å². The van der Waals surface area contributed by atoms with Crippen LogP contribution in [0.15, 0.2) is 45.8 Å². The van der Waals surface area contributed by atoms with E-state index in [4.69, 9.17) is 4.42 Å². The van der Waals surface area contributed by atoms with Crippen molar-refractivity contribution < 1.29 is 4.42 Å². The largest absolute Gasteiger partial charge is 0.460 e. The Morgan fingerprint density at radius 2 is 2.00 bits per heavy atom. The number of furan rings is 1. The molecule has 2 nitrogen and oxygen atoms in total. The maximum atomic E-state index is 5.39. The lowest BCUT2D eigenvalue weighted by Crippen LogP contribution is -1.75. The molecule has 0 fully saturated rings. The van der Waals surface area contributed by atoms with Gasteiger partial charge in [-0.1, -0.05) is 12.1 Å². The minimum atomic E-state index is 0.786. The van der Waals surface area contributed by atoms with E-state index in [1.54, 1.807) is 6.21 Å². The van der Waals surface area contributed by atoms with Crippen LogP contribution in [0.1, 0.15) is 17.1 Å². The Labute approximate surface area is 89.3 Å². The van der Waals surface area contributed by atoms with Crippen molar-refractivity contribution in [1.82, 2.24) is 0 Å². The molecule has 1 aromatic heterocycles. The number of aryl methyl sites for hydroxylation is 2. The smallest absolute Gasteiger partial charge is 0.145 e. The molecule has 1 aromatic carbocycles. The van der Waals surface area contributed by atoms with Crippen molar-refractivity contribution in [2.24, 2.45) is 4.99 Å². The van der Waals surface area contributed by atoms with Gasteiger partial charge in [0.25, 0.3) is 0 Å². The van der Waals surface area contributed by atoms with Crippen molar-refractivity contribution in [3.05, 3.63) is 53.5 Å². The predicted octanol–water partition coefficient (Wildman–Crippen LogP) is 3.65. The third kappa shape index (κ3) is 2.56. The van der Waals surface area contributed by atoms with E-state index in [0.717, 1.165) is 17.2 Å². The van der Waals surface area contributed by atoms with Crippen molar-refractivity contribution >= 4 is 11.9 Å². The van der Waals surface area contributed by atoms with Gasteiger partial charge in [0, 0.05) is 0 Å². The monoisotopic (exact) mass is 199 g/mol. The summed E-state index contributed by atoms with van der Waals surface area (Å²) in [6.07, 6.45) is 1.74. The normalized spacial score (nSPS) is 11.1. The van der Waals surface area contributed by atoms with E-state index in [-0.39, 0.29) is 0 Å². The van der Waals surface area contributed by atoms with Crippen LogP contribution in [0.4, 0.5) is 5.69 Å². The lowest BCUT2D eigenvalue weighted by atomic mass is 10.2. The van der Waals surface area contributed by atoms with Gasteiger partial charge in [-0.2, -0.15) is 0 Å². The first-order chi connectivity index (χ1) is 7.24. The molecule has 0 bridgehead atoms. The second-order valence-electron chi connectivity index (χ2n) is 3.55.